The van der Waals surface area contributed by atoms with Crippen LogP contribution in [0, 0.1) is 5.92 Å². The minimum Gasteiger partial charge on any atom is -0.413 e. The fraction of sp³-hybridized carbons (Fsp3) is 0.944. The first-order valence-electron chi connectivity index (χ1n) is 9.23. The SMILES string of the molecule is CS[C@H]1CCCC2O[C@]21[C@@H]1NC(=O)[C@@H]1[C@@H](C)O[Si](C)(C)C(C)(C)C. The molecule has 3 rings (SSSR count). The van der Waals surface area contributed by atoms with Crippen LogP contribution in [0.4, 0.5) is 0 Å². The van der Waals surface area contributed by atoms with E-state index in [2.05, 4.69) is 52.4 Å². The summed E-state index contributed by atoms with van der Waals surface area (Å²) in [5.74, 6) is 0.0668. The average molecular weight is 372 g/mol. The first-order valence-corrected chi connectivity index (χ1v) is 13.4. The highest BCUT2D eigenvalue weighted by molar-refractivity contribution is 7.99. The lowest BCUT2D eigenvalue weighted by Crippen LogP contribution is -2.71. The van der Waals surface area contributed by atoms with Crippen molar-refractivity contribution in [3.8, 4) is 0 Å². The Morgan fingerprint density at radius 2 is 2.04 bits per heavy atom. The first kappa shape index (κ1) is 18.7. The highest BCUT2D eigenvalue weighted by atomic mass is 32.2. The van der Waals surface area contributed by atoms with E-state index in [1.54, 1.807) is 0 Å². The third-order valence-corrected chi connectivity index (χ3v) is 12.5. The van der Waals surface area contributed by atoms with Crippen LogP contribution >= 0.6 is 11.8 Å². The van der Waals surface area contributed by atoms with E-state index in [0.717, 1.165) is 6.42 Å². The molecule has 1 aliphatic carbocycles. The van der Waals surface area contributed by atoms with Crippen LogP contribution in [0.15, 0.2) is 0 Å². The van der Waals surface area contributed by atoms with Crippen LogP contribution in [-0.4, -0.2) is 49.6 Å². The summed E-state index contributed by atoms with van der Waals surface area (Å²) in [7, 11) is -1.88. The summed E-state index contributed by atoms with van der Waals surface area (Å²) >= 11 is 1.90. The number of hydrogen-bond acceptors (Lipinski definition) is 4. The van der Waals surface area contributed by atoms with E-state index in [1.165, 1.54) is 12.8 Å². The van der Waals surface area contributed by atoms with Gasteiger partial charge in [0.05, 0.1) is 24.2 Å². The second-order valence-electron chi connectivity index (χ2n) is 9.21. The number of thioether (sulfide) groups is 1. The summed E-state index contributed by atoms with van der Waals surface area (Å²) in [5.41, 5.74) is -0.138. The van der Waals surface area contributed by atoms with Crippen molar-refractivity contribution in [3.63, 3.8) is 0 Å². The Balaban J connectivity index is 1.75. The molecule has 0 spiro atoms. The standard InChI is InChI=1S/C18H33NO3SSi/c1-11(22-24(6,7)17(2,3)4)14-15(19-16(14)20)18-12(21-18)9-8-10-13(18)23-5/h11-15H,8-10H2,1-7H3,(H,19,20)/t11-,12?,13+,14-,15-,18-/m1/s1. The van der Waals surface area contributed by atoms with Gasteiger partial charge in [-0.15, -0.1) is 0 Å². The molecule has 1 unspecified atom stereocenters. The van der Waals surface area contributed by atoms with Gasteiger partial charge in [-0.05, 0) is 50.6 Å². The fourth-order valence-electron chi connectivity index (χ4n) is 4.26. The van der Waals surface area contributed by atoms with Crippen molar-refractivity contribution < 1.29 is 14.0 Å². The van der Waals surface area contributed by atoms with Gasteiger partial charge in [0, 0.05) is 5.25 Å². The Hall–Kier alpha value is -0.0431. The minimum atomic E-state index is -1.88. The van der Waals surface area contributed by atoms with Crippen LogP contribution in [0.25, 0.3) is 0 Å². The molecule has 2 heterocycles. The van der Waals surface area contributed by atoms with Gasteiger partial charge in [0.1, 0.15) is 5.60 Å². The van der Waals surface area contributed by atoms with E-state index in [0.29, 0.717) is 11.4 Å². The van der Waals surface area contributed by atoms with Crippen LogP contribution in [0.5, 0.6) is 0 Å². The van der Waals surface area contributed by atoms with Crippen LogP contribution in [-0.2, 0) is 14.0 Å². The number of nitrogens with one attached hydrogen (secondary N) is 1. The number of carbonyl (C=O) groups is 1. The number of amides is 1. The molecule has 3 aliphatic rings. The molecule has 4 nitrogen and oxygen atoms in total. The van der Waals surface area contributed by atoms with E-state index < -0.39 is 8.32 Å². The maximum absolute atomic E-state index is 12.4. The van der Waals surface area contributed by atoms with Crippen LogP contribution in [0.3, 0.4) is 0 Å². The molecule has 6 atom stereocenters. The van der Waals surface area contributed by atoms with Gasteiger partial charge >= 0.3 is 0 Å². The van der Waals surface area contributed by atoms with Crippen LogP contribution in [0.2, 0.25) is 18.1 Å². The maximum atomic E-state index is 12.4. The summed E-state index contributed by atoms with van der Waals surface area (Å²) in [5, 5.41) is 3.82. The number of ether oxygens (including phenoxy) is 1. The van der Waals surface area contributed by atoms with Crippen molar-refractivity contribution >= 4 is 26.0 Å². The Morgan fingerprint density at radius 3 is 2.58 bits per heavy atom. The zero-order valence-electron chi connectivity index (χ0n) is 16.1. The molecule has 0 radical (unpaired) electrons. The molecule has 0 aromatic heterocycles. The number of β-lactam (4-membered cyclic amide) rings is 1. The average Bonchev–Trinajstić information content (AvgIpc) is 3.17. The molecule has 0 aromatic rings. The quantitative estimate of drug-likeness (QED) is 0.456. The van der Waals surface area contributed by atoms with Gasteiger partial charge in [-0.25, -0.2) is 0 Å². The second-order valence-corrected chi connectivity index (χ2v) is 15.0. The highest BCUT2D eigenvalue weighted by Crippen LogP contribution is 2.57. The van der Waals surface area contributed by atoms with E-state index in [4.69, 9.17) is 9.16 Å². The predicted octanol–water partition coefficient (Wildman–Crippen LogP) is 3.56. The van der Waals surface area contributed by atoms with Crippen LogP contribution < -0.4 is 5.32 Å². The molecule has 6 heteroatoms. The van der Waals surface area contributed by atoms with Crippen molar-refractivity contribution in [1.29, 1.82) is 0 Å². The molecule has 2 aliphatic heterocycles. The van der Waals surface area contributed by atoms with E-state index in [1.807, 2.05) is 11.8 Å². The minimum absolute atomic E-state index is 0.0479. The topological polar surface area (TPSA) is 50.9 Å². The van der Waals surface area contributed by atoms with Crippen LogP contribution in [0.1, 0.15) is 47.0 Å². The zero-order chi connectivity index (χ0) is 17.9. The third kappa shape index (κ3) is 2.77. The normalized spacial score (nSPS) is 40.4. The Kier molecular flexibility index (Phi) is 4.68. The molecular formula is C18H33NO3SSi. The third-order valence-electron chi connectivity index (χ3n) is 6.75. The highest BCUT2D eigenvalue weighted by Gasteiger charge is 2.72. The van der Waals surface area contributed by atoms with Crippen molar-refractivity contribution in [3.05, 3.63) is 0 Å². The van der Waals surface area contributed by atoms with Gasteiger partial charge in [-0.2, -0.15) is 11.8 Å². The first-order chi connectivity index (χ1) is 11.0. The second kappa shape index (κ2) is 6.00. The van der Waals surface area contributed by atoms with Gasteiger partial charge in [0.25, 0.3) is 0 Å². The molecule has 3 fully saturated rings. The van der Waals surface area contributed by atoms with Gasteiger partial charge < -0.3 is 14.5 Å². The zero-order valence-corrected chi connectivity index (χ0v) is 18.0. The van der Waals surface area contributed by atoms with Gasteiger partial charge in [-0.1, -0.05) is 20.8 Å². The van der Waals surface area contributed by atoms with Gasteiger partial charge in [0.2, 0.25) is 5.91 Å². The molecule has 1 saturated carbocycles. The molecule has 138 valence electrons. The number of epoxide rings is 1. The molecule has 0 bridgehead atoms. The Morgan fingerprint density at radius 1 is 1.38 bits per heavy atom. The summed E-state index contributed by atoms with van der Waals surface area (Å²) in [4.78, 5) is 12.4. The number of hydrogen-bond donors (Lipinski definition) is 1. The smallest absolute Gasteiger partial charge is 0.228 e. The van der Waals surface area contributed by atoms with E-state index in [9.17, 15) is 4.79 Å². The maximum Gasteiger partial charge on any atom is 0.228 e. The predicted molar refractivity (Wildman–Crippen MR) is 102 cm³/mol. The summed E-state index contributed by atoms with van der Waals surface area (Å²) in [6.45, 7) is 13.3. The molecular weight excluding hydrogens is 338 g/mol. The van der Waals surface area contributed by atoms with Gasteiger partial charge in [-0.3, -0.25) is 4.79 Å². The summed E-state index contributed by atoms with van der Waals surface area (Å²) < 4.78 is 12.8. The van der Waals surface area contributed by atoms with E-state index in [-0.39, 0.29) is 34.6 Å². The number of fused-ring (bicyclic) bond motifs is 1. The molecule has 0 aromatic carbocycles. The largest absolute Gasteiger partial charge is 0.413 e. The van der Waals surface area contributed by atoms with E-state index >= 15 is 0 Å². The molecule has 1 amide bonds. The lowest BCUT2D eigenvalue weighted by molar-refractivity contribution is -0.143. The molecule has 2 saturated heterocycles. The summed E-state index contributed by atoms with van der Waals surface area (Å²) in [6.07, 6.45) is 6.01. The number of carbonyl (C=O) groups excluding carboxylic acids is 1. The van der Waals surface area contributed by atoms with Crippen molar-refractivity contribution in [2.45, 2.75) is 94.2 Å². The lowest BCUT2D eigenvalue weighted by atomic mass is 9.72. The summed E-state index contributed by atoms with van der Waals surface area (Å²) in [6, 6.07) is 0.118. The Labute approximate surface area is 151 Å². The van der Waals surface area contributed by atoms with Crippen molar-refractivity contribution in [1.82, 2.24) is 5.32 Å². The lowest BCUT2D eigenvalue weighted by Gasteiger charge is -2.49. The van der Waals surface area contributed by atoms with Crippen molar-refractivity contribution in [2.24, 2.45) is 5.92 Å². The Bertz CT molecular complexity index is 521. The molecule has 24 heavy (non-hydrogen) atoms. The van der Waals surface area contributed by atoms with Gasteiger partial charge in [0.15, 0.2) is 8.32 Å². The van der Waals surface area contributed by atoms with Crippen molar-refractivity contribution in [2.75, 3.05) is 6.26 Å². The number of rotatable bonds is 5. The monoisotopic (exact) mass is 371 g/mol. The molecule has 1 N–H and O–H groups in total. The fourth-order valence-corrected chi connectivity index (χ4v) is 6.81.